The van der Waals surface area contributed by atoms with E-state index in [9.17, 15) is 0 Å². The van der Waals surface area contributed by atoms with Crippen molar-refractivity contribution in [1.82, 2.24) is 9.55 Å². The Morgan fingerprint density at radius 1 is 0.477 bits per heavy atom. The van der Waals surface area contributed by atoms with Gasteiger partial charge in [-0.1, -0.05) is 153 Å². The molecule has 0 aliphatic rings. The van der Waals surface area contributed by atoms with E-state index in [4.69, 9.17) is 4.98 Å². The predicted molar refractivity (Wildman–Crippen MR) is 279 cm³/mol. The number of hydrogen-bond acceptors (Lipinski definition) is 4. The molecule has 2 heterocycles. The van der Waals surface area contributed by atoms with Crippen molar-refractivity contribution >= 4 is 61.6 Å². The van der Waals surface area contributed by atoms with Crippen LogP contribution in [0.1, 0.15) is 79.0 Å². The monoisotopic (exact) mass is 851 g/mol. The summed E-state index contributed by atoms with van der Waals surface area (Å²) in [7, 11) is 2.16. The molecule has 0 saturated carbocycles. The van der Waals surface area contributed by atoms with E-state index in [0.29, 0.717) is 0 Å². The molecule has 0 aliphatic carbocycles. The van der Waals surface area contributed by atoms with Gasteiger partial charge in [0.15, 0.2) is 0 Å². The summed E-state index contributed by atoms with van der Waals surface area (Å²) in [5.74, 6) is 0.921. The lowest BCUT2D eigenvalue weighted by Crippen LogP contribution is -2.16. The zero-order chi connectivity index (χ0) is 45.7. The maximum Gasteiger partial charge on any atom is 0.137 e. The Hall–Kier alpha value is -7.11. The molecule has 0 radical (unpaired) electrons. The van der Waals surface area contributed by atoms with Crippen LogP contribution >= 0.6 is 0 Å². The van der Waals surface area contributed by atoms with Crippen molar-refractivity contribution in [2.45, 2.75) is 78.6 Å². The summed E-state index contributed by atoms with van der Waals surface area (Å²) >= 11 is 0. The van der Waals surface area contributed by atoms with Gasteiger partial charge in [0.1, 0.15) is 5.82 Å². The SMILES string of the molecule is CN(c1cccc(N(c2ccccc2)c2cc(C(C)(C)C)c3c4ccccc4n(-c4cc(C(C)(C)C)ccn4)c3c2)c1)c1ccccc1Nc1cc(-c2ccccc2)cc(C(C)(C)C)c1. The summed E-state index contributed by atoms with van der Waals surface area (Å²) in [5, 5.41) is 6.34. The number of rotatable bonds is 9. The average Bonchev–Trinajstić information content (AvgIpc) is 3.63. The molecule has 0 saturated heterocycles. The van der Waals surface area contributed by atoms with E-state index in [1.54, 1.807) is 0 Å². The van der Waals surface area contributed by atoms with Gasteiger partial charge >= 0.3 is 0 Å². The quantitative estimate of drug-likeness (QED) is 0.157. The normalized spacial score (nSPS) is 12.2. The van der Waals surface area contributed by atoms with E-state index >= 15 is 0 Å². The third kappa shape index (κ3) is 8.63. The fourth-order valence-corrected chi connectivity index (χ4v) is 9.02. The maximum absolute atomic E-state index is 5.04. The van der Waals surface area contributed by atoms with Crippen molar-refractivity contribution in [3.05, 3.63) is 199 Å². The molecule has 2 aromatic heterocycles. The smallest absolute Gasteiger partial charge is 0.137 e. The predicted octanol–water partition coefficient (Wildman–Crippen LogP) is 16.7. The molecule has 9 rings (SSSR count). The van der Waals surface area contributed by atoms with E-state index in [0.717, 1.165) is 56.7 Å². The molecule has 0 aliphatic heterocycles. The van der Waals surface area contributed by atoms with Crippen molar-refractivity contribution in [2.75, 3.05) is 22.2 Å². The van der Waals surface area contributed by atoms with Crippen molar-refractivity contribution in [3.8, 4) is 16.9 Å². The van der Waals surface area contributed by atoms with Crippen LogP contribution in [0.4, 0.5) is 39.8 Å². The largest absolute Gasteiger partial charge is 0.354 e. The Labute approximate surface area is 386 Å². The van der Waals surface area contributed by atoms with Crippen molar-refractivity contribution < 1.29 is 0 Å². The number of hydrogen-bond donors (Lipinski definition) is 1. The molecule has 1 N–H and O–H groups in total. The first-order chi connectivity index (χ1) is 31.0. The minimum absolute atomic E-state index is 0.0223. The van der Waals surface area contributed by atoms with Crippen LogP contribution in [-0.2, 0) is 16.2 Å². The number of pyridine rings is 1. The fourth-order valence-electron chi connectivity index (χ4n) is 9.02. The molecule has 9 aromatic rings. The van der Waals surface area contributed by atoms with Crippen molar-refractivity contribution in [2.24, 2.45) is 0 Å². The van der Waals surface area contributed by atoms with Crippen molar-refractivity contribution in [1.29, 1.82) is 0 Å². The van der Waals surface area contributed by atoms with Gasteiger partial charge in [0.25, 0.3) is 0 Å². The summed E-state index contributed by atoms with van der Waals surface area (Å²) in [4.78, 5) is 9.73. The Bertz CT molecular complexity index is 3140. The van der Waals surface area contributed by atoms with E-state index in [-0.39, 0.29) is 16.2 Å². The molecule has 326 valence electrons. The van der Waals surface area contributed by atoms with Crippen LogP contribution in [0, 0.1) is 0 Å². The first-order valence-corrected chi connectivity index (χ1v) is 22.9. The molecule has 0 amide bonds. The van der Waals surface area contributed by atoms with Crippen molar-refractivity contribution in [3.63, 3.8) is 0 Å². The van der Waals surface area contributed by atoms with Gasteiger partial charge < -0.3 is 15.1 Å². The van der Waals surface area contributed by atoms with Crippen LogP contribution in [0.3, 0.4) is 0 Å². The third-order valence-electron chi connectivity index (χ3n) is 12.6. The maximum atomic E-state index is 5.04. The molecular weight excluding hydrogens is 791 g/mol. The molecule has 65 heavy (non-hydrogen) atoms. The Balaban J connectivity index is 1.18. The van der Waals surface area contributed by atoms with Gasteiger partial charge in [0.05, 0.1) is 22.4 Å². The molecule has 0 fully saturated rings. The highest BCUT2D eigenvalue weighted by Crippen LogP contribution is 2.46. The second kappa shape index (κ2) is 16.8. The number of nitrogens with one attached hydrogen (secondary N) is 1. The van der Waals surface area contributed by atoms with Gasteiger partial charge in [-0.3, -0.25) is 4.57 Å². The number of fused-ring (bicyclic) bond motifs is 3. The van der Waals surface area contributed by atoms with E-state index in [2.05, 4.69) is 265 Å². The first-order valence-electron chi connectivity index (χ1n) is 22.9. The molecule has 7 aromatic carbocycles. The van der Waals surface area contributed by atoms with Crippen LogP contribution < -0.4 is 15.1 Å². The van der Waals surface area contributed by atoms with Crippen LogP contribution in [0.15, 0.2) is 182 Å². The number of aromatic nitrogens is 2. The van der Waals surface area contributed by atoms with Gasteiger partial charge in [-0.2, -0.15) is 0 Å². The number of benzene rings is 7. The molecule has 0 bridgehead atoms. The highest BCUT2D eigenvalue weighted by Gasteiger charge is 2.27. The molecule has 5 nitrogen and oxygen atoms in total. The van der Waals surface area contributed by atoms with Crippen LogP contribution in [-0.4, -0.2) is 16.6 Å². The average molecular weight is 852 g/mol. The van der Waals surface area contributed by atoms with Gasteiger partial charge in [-0.25, -0.2) is 4.98 Å². The lowest BCUT2D eigenvalue weighted by atomic mass is 9.83. The number of anilines is 7. The fraction of sp³-hybridized carbons (Fsp3) is 0.217. The summed E-state index contributed by atoms with van der Waals surface area (Å²) in [6, 6.07) is 63.8. The second-order valence-electron chi connectivity index (χ2n) is 20.4. The standard InChI is InChI=1S/C60H61N5/c1-58(2,3)43-32-33-61-56(37-43)65-53-30-19-17-28-50(53)57-51(60(7,8)9)39-49(40-55(57)65)64(46-24-15-12-16-25-46)48-27-21-26-47(38-48)63(10)54-31-20-18-29-52(54)62-45-35-42(41-22-13-11-14-23-41)34-44(36-45)59(4,5)6/h11-40,62H,1-10H3. The molecule has 0 spiro atoms. The summed E-state index contributed by atoms with van der Waals surface area (Å²) in [6.45, 7) is 20.6. The lowest BCUT2D eigenvalue weighted by Gasteiger charge is -2.30. The molecule has 0 unspecified atom stereocenters. The summed E-state index contributed by atoms with van der Waals surface area (Å²) in [6.07, 6.45) is 1.96. The Kier molecular flexibility index (Phi) is 11.1. The molecule has 5 heteroatoms. The molecule has 0 atom stereocenters. The van der Waals surface area contributed by atoms with E-state index in [1.165, 1.54) is 38.6 Å². The van der Waals surface area contributed by atoms with Gasteiger partial charge in [-0.15, -0.1) is 0 Å². The zero-order valence-electron chi connectivity index (χ0n) is 39.6. The number of para-hydroxylation sites is 4. The second-order valence-corrected chi connectivity index (χ2v) is 20.4. The lowest BCUT2D eigenvalue weighted by molar-refractivity contribution is 0.588. The van der Waals surface area contributed by atoms with Crippen LogP contribution in [0.5, 0.6) is 0 Å². The van der Waals surface area contributed by atoms with E-state index in [1.807, 2.05) is 6.20 Å². The number of nitrogens with zero attached hydrogens (tertiary/aromatic N) is 4. The zero-order valence-corrected chi connectivity index (χ0v) is 39.6. The molecular formula is C60H61N5. The first kappa shape index (κ1) is 43.2. The van der Waals surface area contributed by atoms with Crippen LogP contribution in [0.2, 0.25) is 0 Å². The minimum atomic E-state index is -0.167. The van der Waals surface area contributed by atoms with Gasteiger partial charge in [0, 0.05) is 52.5 Å². The highest BCUT2D eigenvalue weighted by molar-refractivity contribution is 6.12. The van der Waals surface area contributed by atoms with Crippen LogP contribution in [0.25, 0.3) is 38.8 Å². The topological polar surface area (TPSA) is 36.3 Å². The van der Waals surface area contributed by atoms with E-state index < -0.39 is 0 Å². The van der Waals surface area contributed by atoms with Gasteiger partial charge in [-0.05, 0) is 129 Å². The Morgan fingerprint density at radius 3 is 1.85 bits per heavy atom. The third-order valence-corrected chi connectivity index (χ3v) is 12.6. The minimum Gasteiger partial charge on any atom is -0.354 e. The highest BCUT2D eigenvalue weighted by atomic mass is 15.2. The Morgan fingerprint density at radius 2 is 1.12 bits per heavy atom. The summed E-state index contributed by atoms with van der Waals surface area (Å²) < 4.78 is 2.37. The summed E-state index contributed by atoms with van der Waals surface area (Å²) in [5.41, 5.74) is 15.7. The van der Waals surface area contributed by atoms with Gasteiger partial charge in [0.2, 0.25) is 0 Å².